The van der Waals surface area contributed by atoms with Crippen molar-refractivity contribution >= 4 is 34.2 Å². The summed E-state index contributed by atoms with van der Waals surface area (Å²) in [6.45, 7) is 6.60. The Morgan fingerprint density at radius 3 is 2.68 bits per heavy atom. The SMILES string of the molecule is Cc1cc(NCc2scnc2C)c(C(N)=S)c(C)n1. The molecule has 19 heavy (non-hydrogen) atoms. The zero-order valence-electron chi connectivity index (χ0n) is 11.2. The highest BCUT2D eigenvalue weighted by molar-refractivity contribution is 7.80. The number of aromatic nitrogens is 2. The zero-order valence-corrected chi connectivity index (χ0v) is 12.8. The van der Waals surface area contributed by atoms with E-state index in [0.717, 1.165) is 34.9 Å². The van der Waals surface area contributed by atoms with E-state index >= 15 is 0 Å². The molecule has 0 amide bonds. The lowest BCUT2D eigenvalue weighted by molar-refractivity contribution is 1.08. The van der Waals surface area contributed by atoms with Gasteiger partial charge in [0.05, 0.1) is 23.3 Å². The Kier molecular flexibility index (Phi) is 4.11. The third-order valence-electron chi connectivity index (χ3n) is 2.86. The van der Waals surface area contributed by atoms with Gasteiger partial charge >= 0.3 is 0 Å². The Bertz CT molecular complexity index is 619. The monoisotopic (exact) mass is 292 g/mol. The van der Waals surface area contributed by atoms with Gasteiger partial charge in [-0.15, -0.1) is 11.3 Å². The van der Waals surface area contributed by atoms with Crippen molar-refractivity contribution in [3.05, 3.63) is 39.1 Å². The van der Waals surface area contributed by atoms with Gasteiger partial charge in [0.2, 0.25) is 0 Å². The van der Waals surface area contributed by atoms with Crippen molar-refractivity contribution in [1.82, 2.24) is 9.97 Å². The molecule has 2 aromatic rings. The van der Waals surface area contributed by atoms with Gasteiger partial charge in [0.15, 0.2) is 0 Å². The van der Waals surface area contributed by atoms with Crippen molar-refractivity contribution < 1.29 is 0 Å². The lowest BCUT2D eigenvalue weighted by Crippen LogP contribution is -2.16. The Morgan fingerprint density at radius 2 is 2.11 bits per heavy atom. The van der Waals surface area contributed by atoms with E-state index in [0.29, 0.717) is 4.99 Å². The molecule has 0 aliphatic carbocycles. The van der Waals surface area contributed by atoms with Gasteiger partial charge in [0.25, 0.3) is 0 Å². The number of aryl methyl sites for hydroxylation is 3. The van der Waals surface area contributed by atoms with Gasteiger partial charge < -0.3 is 11.1 Å². The van der Waals surface area contributed by atoms with E-state index in [2.05, 4.69) is 15.3 Å². The van der Waals surface area contributed by atoms with E-state index in [1.165, 1.54) is 4.88 Å². The number of hydrogen-bond donors (Lipinski definition) is 2. The van der Waals surface area contributed by atoms with Gasteiger partial charge in [-0.3, -0.25) is 4.98 Å². The van der Waals surface area contributed by atoms with Crippen LogP contribution >= 0.6 is 23.6 Å². The minimum Gasteiger partial charge on any atom is -0.389 e. The minimum absolute atomic E-state index is 0.369. The predicted octanol–water partition coefficient (Wildman–Crippen LogP) is 2.71. The smallest absolute Gasteiger partial charge is 0.107 e. The van der Waals surface area contributed by atoms with Crippen LogP contribution in [-0.2, 0) is 6.54 Å². The lowest BCUT2D eigenvalue weighted by atomic mass is 10.1. The van der Waals surface area contributed by atoms with E-state index in [9.17, 15) is 0 Å². The fourth-order valence-corrected chi connectivity index (χ4v) is 2.92. The number of pyridine rings is 1. The molecule has 0 aromatic carbocycles. The largest absolute Gasteiger partial charge is 0.389 e. The fourth-order valence-electron chi connectivity index (χ4n) is 1.95. The van der Waals surface area contributed by atoms with Crippen molar-refractivity contribution in [1.29, 1.82) is 0 Å². The fraction of sp³-hybridized carbons (Fsp3) is 0.308. The first-order chi connectivity index (χ1) is 8.99. The van der Waals surface area contributed by atoms with Crippen molar-refractivity contribution in [2.24, 2.45) is 5.73 Å². The molecule has 2 rings (SSSR count). The first kappa shape index (κ1) is 13.9. The average Bonchev–Trinajstić information content (AvgIpc) is 2.70. The van der Waals surface area contributed by atoms with E-state index < -0.39 is 0 Å². The Morgan fingerprint density at radius 1 is 1.37 bits per heavy atom. The van der Waals surface area contributed by atoms with Crippen molar-refractivity contribution in [3.63, 3.8) is 0 Å². The highest BCUT2D eigenvalue weighted by Crippen LogP contribution is 2.22. The van der Waals surface area contributed by atoms with E-state index in [4.69, 9.17) is 18.0 Å². The third kappa shape index (κ3) is 3.08. The number of thiocarbonyl (C=S) groups is 1. The molecule has 0 saturated heterocycles. The van der Waals surface area contributed by atoms with E-state index in [1.807, 2.05) is 32.3 Å². The van der Waals surface area contributed by atoms with Crippen LogP contribution in [0.5, 0.6) is 0 Å². The molecule has 0 aliphatic rings. The number of rotatable bonds is 4. The molecule has 6 heteroatoms. The molecule has 0 fully saturated rings. The van der Waals surface area contributed by atoms with Crippen LogP contribution in [0, 0.1) is 20.8 Å². The molecule has 2 aromatic heterocycles. The van der Waals surface area contributed by atoms with Crippen molar-refractivity contribution in [3.8, 4) is 0 Å². The minimum atomic E-state index is 0.369. The summed E-state index contributed by atoms with van der Waals surface area (Å²) in [5.74, 6) is 0. The first-order valence-corrected chi connectivity index (χ1v) is 7.18. The summed E-state index contributed by atoms with van der Waals surface area (Å²) in [7, 11) is 0. The van der Waals surface area contributed by atoms with Crippen LogP contribution in [0.4, 0.5) is 5.69 Å². The maximum absolute atomic E-state index is 5.79. The number of hydrogen-bond acceptors (Lipinski definition) is 5. The summed E-state index contributed by atoms with van der Waals surface area (Å²) in [4.78, 5) is 10.2. The van der Waals surface area contributed by atoms with Crippen LogP contribution < -0.4 is 11.1 Å². The molecule has 100 valence electrons. The second-order valence-electron chi connectivity index (χ2n) is 4.35. The summed E-state index contributed by atoms with van der Waals surface area (Å²) in [6.07, 6.45) is 0. The van der Waals surface area contributed by atoms with Gasteiger partial charge in [-0.05, 0) is 26.8 Å². The predicted molar refractivity (Wildman–Crippen MR) is 83.8 cm³/mol. The zero-order chi connectivity index (χ0) is 14.0. The molecular weight excluding hydrogens is 276 g/mol. The van der Waals surface area contributed by atoms with Crippen LogP contribution in [-0.4, -0.2) is 15.0 Å². The Hall–Kier alpha value is -1.53. The Balaban J connectivity index is 2.29. The summed E-state index contributed by atoms with van der Waals surface area (Å²) >= 11 is 6.75. The van der Waals surface area contributed by atoms with Crippen LogP contribution in [0.3, 0.4) is 0 Å². The van der Waals surface area contributed by atoms with Crippen LogP contribution in [0.15, 0.2) is 11.6 Å². The molecule has 0 atom stereocenters. The highest BCUT2D eigenvalue weighted by Gasteiger charge is 2.11. The maximum Gasteiger partial charge on any atom is 0.107 e. The number of nitrogens with zero attached hydrogens (tertiary/aromatic N) is 2. The number of thiazole rings is 1. The average molecular weight is 292 g/mol. The molecule has 0 unspecified atom stereocenters. The van der Waals surface area contributed by atoms with Gasteiger partial charge in [0.1, 0.15) is 4.99 Å². The van der Waals surface area contributed by atoms with Gasteiger partial charge in [-0.2, -0.15) is 0 Å². The van der Waals surface area contributed by atoms with Gasteiger partial charge in [0, 0.05) is 22.0 Å². The number of anilines is 1. The second kappa shape index (κ2) is 5.63. The summed E-state index contributed by atoms with van der Waals surface area (Å²) in [5.41, 5.74) is 12.3. The van der Waals surface area contributed by atoms with Crippen molar-refractivity contribution in [2.75, 3.05) is 5.32 Å². The lowest BCUT2D eigenvalue weighted by Gasteiger charge is -2.14. The van der Waals surface area contributed by atoms with Crippen LogP contribution in [0.1, 0.15) is 27.5 Å². The normalized spacial score (nSPS) is 10.5. The molecule has 3 N–H and O–H groups in total. The molecular formula is C13H16N4S2. The number of nitrogens with two attached hydrogens (primary N) is 1. The topological polar surface area (TPSA) is 63.8 Å². The third-order valence-corrected chi connectivity index (χ3v) is 4.00. The number of nitrogens with one attached hydrogen (secondary N) is 1. The van der Waals surface area contributed by atoms with Crippen LogP contribution in [0.25, 0.3) is 0 Å². The summed E-state index contributed by atoms with van der Waals surface area (Å²) in [5, 5.41) is 3.38. The molecule has 0 saturated carbocycles. The van der Waals surface area contributed by atoms with Crippen molar-refractivity contribution in [2.45, 2.75) is 27.3 Å². The summed E-state index contributed by atoms with van der Waals surface area (Å²) < 4.78 is 0. The molecule has 0 aliphatic heterocycles. The first-order valence-electron chi connectivity index (χ1n) is 5.90. The quantitative estimate of drug-likeness (QED) is 0.848. The van der Waals surface area contributed by atoms with Crippen LogP contribution in [0.2, 0.25) is 0 Å². The molecule has 0 bridgehead atoms. The maximum atomic E-state index is 5.79. The summed E-state index contributed by atoms with van der Waals surface area (Å²) in [6, 6.07) is 1.97. The molecule has 0 radical (unpaired) electrons. The second-order valence-corrected chi connectivity index (χ2v) is 5.73. The highest BCUT2D eigenvalue weighted by atomic mass is 32.1. The van der Waals surface area contributed by atoms with E-state index in [-0.39, 0.29) is 0 Å². The van der Waals surface area contributed by atoms with Gasteiger partial charge in [-0.1, -0.05) is 12.2 Å². The molecule has 2 heterocycles. The molecule has 4 nitrogen and oxygen atoms in total. The standard InChI is InChI=1S/C13H16N4S2/c1-7-4-10(12(13(14)18)9(3)17-7)15-5-11-8(2)16-6-19-11/h4,6H,5H2,1-3H3,(H2,14,18)(H,15,17). The van der Waals surface area contributed by atoms with E-state index in [1.54, 1.807) is 11.3 Å². The molecule has 0 spiro atoms. The van der Waals surface area contributed by atoms with Gasteiger partial charge in [-0.25, -0.2) is 4.98 Å². The Labute approximate surface area is 122 Å².